The number of nitrogens with one attached hydrogen (secondary N) is 1. The van der Waals surface area contributed by atoms with Gasteiger partial charge in [-0.3, -0.25) is 0 Å². The Bertz CT molecular complexity index is 644. The van der Waals surface area contributed by atoms with Crippen molar-refractivity contribution in [3.05, 3.63) is 65.2 Å². The number of aryl methyl sites for hydroxylation is 1. The lowest BCUT2D eigenvalue weighted by atomic mass is 10.0. The molecule has 1 atom stereocenters. The molecule has 0 aliphatic rings. The topological polar surface area (TPSA) is 49.3 Å². The summed E-state index contributed by atoms with van der Waals surface area (Å²) in [6, 6.07) is 8.41. The molecular weight excluding hydrogens is 264 g/mol. The van der Waals surface area contributed by atoms with Crippen molar-refractivity contribution in [1.82, 2.24) is 0 Å². The Labute approximate surface area is 114 Å². The number of hydrogen-bond donors (Lipinski definition) is 2. The van der Waals surface area contributed by atoms with Crippen LogP contribution in [0.5, 0.6) is 0 Å². The van der Waals surface area contributed by atoms with Crippen molar-refractivity contribution in [1.29, 1.82) is 0 Å². The molecule has 0 aliphatic heterocycles. The normalized spacial score (nSPS) is 11.9. The van der Waals surface area contributed by atoms with Crippen LogP contribution in [0.15, 0.2) is 42.5 Å². The van der Waals surface area contributed by atoms with Gasteiger partial charge in [0.15, 0.2) is 6.04 Å². The third kappa shape index (κ3) is 2.93. The number of hydrogen-bond acceptors (Lipinski definition) is 2. The highest BCUT2D eigenvalue weighted by Gasteiger charge is 2.24. The largest absolute Gasteiger partial charge is 0.479 e. The number of carboxylic acid groups (broad SMARTS) is 1. The molecule has 0 fully saturated rings. The van der Waals surface area contributed by atoms with E-state index in [0.29, 0.717) is 5.69 Å². The summed E-state index contributed by atoms with van der Waals surface area (Å²) in [4.78, 5) is 11.3. The summed E-state index contributed by atoms with van der Waals surface area (Å²) in [7, 11) is 0. The number of anilines is 1. The summed E-state index contributed by atoms with van der Waals surface area (Å²) in [6.07, 6.45) is 0. The Morgan fingerprint density at radius 3 is 2.55 bits per heavy atom. The van der Waals surface area contributed by atoms with Gasteiger partial charge in [0, 0.05) is 11.3 Å². The number of aliphatic carboxylic acids is 1. The predicted molar refractivity (Wildman–Crippen MR) is 71.5 cm³/mol. The SMILES string of the molecule is Cc1ccccc1NC(C(=O)O)c1cc(F)ccc1F. The number of halogens is 2. The Morgan fingerprint density at radius 1 is 1.20 bits per heavy atom. The van der Waals surface area contributed by atoms with Crippen molar-refractivity contribution in [2.24, 2.45) is 0 Å². The second kappa shape index (κ2) is 5.69. The highest BCUT2D eigenvalue weighted by Crippen LogP contribution is 2.25. The number of rotatable bonds is 4. The molecule has 5 heteroatoms. The highest BCUT2D eigenvalue weighted by atomic mass is 19.1. The van der Waals surface area contributed by atoms with Gasteiger partial charge in [-0.1, -0.05) is 18.2 Å². The van der Waals surface area contributed by atoms with E-state index < -0.39 is 23.6 Å². The molecule has 2 N–H and O–H groups in total. The second-order valence-corrected chi connectivity index (χ2v) is 4.40. The van der Waals surface area contributed by atoms with E-state index in [2.05, 4.69) is 5.32 Å². The van der Waals surface area contributed by atoms with E-state index in [-0.39, 0.29) is 5.56 Å². The molecule has 3 nitrogen and oxygen atoms in total. The molecule has 0 bridgehead atoms. The van der Waals surface area contributed by atoms with Crippen LogP contribution in [-0.4, -0.2) is 11.1 Å². The molecular formula is C15H13F2NO2. The van der Waals surface area contributed by atoms with Crippen molar-refractivity contribution in [2.45, 2.75) is 13.0 Å². The van der Waals surface area contributed by atoms with Gasteiger partial charge >= 0.3 is 5.97 Å². The first-order valence-electron chi connectivity index (χ1n) is 5.99. The standard InChI is InChI=1S/C15H13F2NO2/c1-9-4-2-3-5-13(9)18-14(15(19)20)11-8-10(16)6-7-12(11)17/h2-8,14,18H,1H3,(H,19,20). The van der Waals surface area contributed by atoms with Crippen LogP contribution in [-0.2, 0) is 4.79 Å². The lowest BCUT2D eigenvalue weighted by Gasteiger charge is -2.18. The summed E-state index contributed by atoms with van der Waals surface area (Å²) in [5, 5.41) is 12.0. The van der Waals surface area contributed by atoms with Crippen LogP contribution in [0.4, 0.5) is 14.5 Å². The van der Waals surface area contributed by atoms with Crippen molar-refractivity contribution in [2.75, 3.05) is 5.32 Å². The van der Waals surface area contributed by atoms with Gasteiger partial charge in [0.25, 0.3) is 0 Å². The van der Waals surface area contributed by atoms with Crippen LogP contribution < -0.4 is 5.32 Å². The third-order valence-corrected chi connectivity index (χ3v) is 2.96. The van der Waals surface area contributed by atoms with Crippen LogP contribution >= 0.6 is 0 Å². The average Bonchev–Trinajstić information content (AvgIpc) is 2.40. The summed E-state index contributed by atoms with van der Waals surface area (Å²) < 4.78 is 26.9. The smallest absolute Gasteiger partial charge is 0.330 e. The maximum absolute atomic E-state index is 13.7. The Kier molecular flexibility index (Phi) is 3.98. The Morgan fingerprint density at radius 2 is 1.90 bits per heavy atom. The van der Waals surface area contributed by atoms with E-state index in [9.17, 15) is 18.7 Å². The highest BCUT2D eigenvalue weighted by molar-refractivity contribution is 5.79. The number of benzene rings is 2. The number of carboxylic acids is 1. The molecule has 2 rings (SSSR count). The number of carbonyl (C=O) groups is 1. The van der Waals surface area contributed by atoms with Crippen LogP contribution in [0.2, 0.25) is 0 Å². The lowest BCUT2D eigenvalue weighted by molar-refractivity contribution is -0.138. The third-order valence-electron chi connectivity index (χ3n) is 2.96. The molecule has 0 heterocycles. The maximum atomic E-state index is 13.7. The van der Waals surface area contributed by atoms with Gasteiger partial charge < -0.3 is 10.4 Å². The van der Waals surface area contributed by atoms with Gasteiger partial charge in [0.1, 0.15) is 11.6 Å². The van der Waals surface area contributed by atoms with Crippen LogP contribution in [0.1, 0.15) is 17.2 Å². The maximum Gasteiger partial charge on any atom is 0.330 e. The van der Waals surface area contributed by atoms with Gasteiger partial charge in [0.2, 0.25) is 0 Å². The molecule has 0 amide bonds. The van der Waals surface area contributed by atoms with Crippen LogP contribution in [0.3, 0.4) is 0 Å². The fourth-order valence-electron chi connectivity index (χ4n) is 1.90. The van der Waals surface area contributed by atoms with Gasteiger partial charge in [-0.2, -0.15) is 0 Å². The van der Waals surface area contributed by atoms with E-state index in [1.165, 1.54) is 0 Å². The minimum Gasteiger partial charge on any atom is -0.479 e. The molecule has 0 aromatic heterocycles. The minimum atomic E-state index is -1.35. The fraction of sp³-hybridized carbons (Fsp3) is 0.133. The molecule has 0 saturated heterocycles. The molecule has 2 aromatic rings. The number of para-hydroxylation sites is 1. The molecule has 2 aromatic carbocycles. The zero-order chi connectivity index (χ0) is 14.7. The molecule has 20 heavy (non-hydrogen) atoms. The first-order chi connectivity index (χ1) is 9.49. The van der Waals surface area contributed by atoms with E-state index in [1.54, 1.807) is 31.2 Å². The second-order valence-electron chi connectivity index (χ2n) is 4.40. The van der Waals surface area contributed by atoms with Gasteiger partial charge in [0.05, 0.1) is 0 Å². The van der Waals surface area contributed by atoms with E-state index >= 15 is 0 Å². The summed E-state index contributed by atoms with van der Waals surface area (Å²) in [6.45, 7) is 1.79. The van der Waals surface area contributed by atoms with Crippen LogP contribution in [0.25, 0.3) is 0 Å². The summed E-state index contributed by atoms with van der Waals surface area (Å²) >= 11 is 0. The van der Waals surface area contributed by atoms with Crippen molar-refractivity contribution in [3.63, 3.8) is 0 Å². The van der Waals surface area contributed by atoms with E-state index in [0.717, 1.165) is 23.8 Å². The zero-order valence-corrected chi connectivity index (χ0v) is 10.7. The summed E-state index contributed by atoms with van der Waals surface area (Å²) in [5.74, 6) is -2.73. The Balaban J connectivity index is 2.40. The minimum absolute atomic E-state index is 0.235. The van der Waals surface area contributed by atoms with E-state index in [4.69, 9.17) is 0 Å². The quantitative estimate of drug-likeness (QED) is 0.899. The van der Waals surface area contributed by atoms with Crippen molar-refractivity contribution in [3.8, 4) is 0 Å². The summed E-state index contributed by atoms with van der Waals surface area (Å²) in [5.41, 5.74) is 1.14. The fourth-order valence-corrected chi connectivity index (χ4v) is 1.90. The molecule has 0 saturated carbocycles. The lowest BCUT2D eigenvalue weighted by Crippen LogP contribution is -2.22. The molecule has 1 unspecified atom stereocenters. The molecule has 104 valence electrons. The van der Waals surface area contributed by atoms with Crippen molar-refractivity contribution >= 4 is 11.7 Å². The van der Waals surface area contributed by atoms with Crippen LogP contribution in [0, 0.1) is 18.6 Å². The van der Waals surface area contributed by atoms with Crippen molar-refractivity contribution < 1.29 is 18.7 Å². The van der Waals surface area contributed by atoms with Gasteiger partial charge in [-0.15, -0.1) is 0 Å². The first-order valence-corrected chi connectivity index (χ1v) is 5.99. The average molecular weight is 277 g/mol. The molecule has 0 spiro atoms. The van der Waals surface area contributed by atoms with Gasteiger partial charge in [-0.05, 0) is 36.8 Å². The molecule has 0 aliphatic carbocycles. The zero-order valence-electron chi connectivity index (χ0n) is 10.7. The van der Waals surface area contributed by atoms with E-state index in [1.807, 2.05) is 0 Å². The molecule has 0 radical (unpaired) electrons. The Hall–Kier alpha value is -2.43. The first kappa shape index (κ1) is 14.0. The monoisotopic (exact) mass is 277 g/mol. The van der Waals surface area contributed by atoms with Gasteiger partial charge in [-0.25, -0.2) is 13.6 Å². The predicted octanol–water partition coefficient (Wildman–Crippen LogP) is 3.51.